The molecule has 2 atom stereocenters. The molecule has 1 aliphatic rings. The van der Waals surface area contributed by atoms with Crippen LogP contribution in [-0.2, 0) is 6.42 Å². The Balaban J connectivity index is 2.05. The molecular weight excluding hydrogens is 288 g/mol. The Morgan fingerprint density at radius 3 is 2.36 bits per heavy atom. The van der Waals surface area contributed by atoms with Crippen molar-refractivity contribution in [2.24, 2.45) is 0 Å². The van der Waals surface area contributed by atoms with Gasteiger partial charge in [0.05, 0.1) is 6.10 Å². The van der Waals surface area contributed by atoms with E-state index in [0.717, 1.165) is 0 Å². The predicted octanol–water partition coefficient (Wildman–Crippen LogP) is 1.85. The highest BCUT2D eigenvalue weighted by atomic mass is 16.5. The zero-order chi connectivity index (χ0) is 16.0. The molecule has 1 heterocycles. The van der Waals surface area contributed by atoms with Gasteiger partial charge in [0.25, 0.3) is 0 Å². The van der Waals surface area contributed by atoms with E-state index in [2.05, 4.69) is 0 Å². The highest BCUT2D eigenvalue weighted by Crippen LogP contribution is 2.45. The Morgan fingerprint density at radius 1 is 0.955 bits per heavy atom. The fourth-order valence-electron chi connectivity index (χ4n) is 2.67. The summed E-state index contributed by atoms with van der Waals surface area (Å²) in [6.07, 6.45) is -1.57. The van der Waals surface area contributed by atoms with Gasteiger partial charge in [-0.3, -0.25) is 0 Å². The van der Waals surface area contributed by atoms with E-state index in [0.29, 0.717) is 22.4 Å². The summed E-state index contributed by atoms with van der Waals surface area (Å²) in [7, 11) is 0. The Morgan fingerprint density at radius 2 is 1.68 bits per heavy atom. The van der Waals surface area contributed by atoms with Crippen molar-refractivity contribution in [2.75, 3.05) is 0 Å². The molecule has 0 radical (unpaired) electrons. The molecule has 0 bridgehead atoms. The summed E-state index contributed by atoms with van der Waals surface area (Å²) in [4.78, 5) is 0. The maximum absolute atomic E-state index is 10.3. The van der Waals surface area contributed by atoms with Crippen LogP contribution in [0, 0.1) is 6.92 Å². The smallest absolute Gasteiger partial charge is 0.157 e. The third-order valence-corrected chi connectivity index (χ3v) is 3.92. The zero-order valence-electron chi connectivity index (χ0n) is 11.8. The summed E-state index contributed by atoms with van der Waals surface area (Å²) >= 11 is 0. The molecule has 0 spiro atoms. The van der Waals surface area contributed by atoms with Gasteiger partial charge >= 0.3 is 0 Å². The van der Waals surface area contributed by atoms with Crippen LogP contribution >= 0.6 is 0 Å². The highest BCUT2D eigenvalue weighted by Gasteiger charge is 2.33. The van der Waals surface area contributed by atoms with Crippen molar-refractivity contribution in [3.8, 4) is 28.7 Å². The molecular formula is C16H16O6. The number of rotatable bonds is 1. The van der Waals surface area contributed by atoms with Crippen LogP contribution in [0.3, 0.4) is 0 Å². The minimum Gasteiger partial charge on any atom is -0.507 e. The van der Waals surface area contributed by atoms with Gasteiger partial charge in [-0.25, -0.2) is 0 Å². The molecule has 6 nitrogen and oxygen atoms in total. The number of benzene rings is 2. The Hall–Kier alpha value is -2.60. The summed E-state index contributed by atoms with van der Waals surface area (Å²) in [5.74, 6) is -0.486. The van der Waals surface area contributed by atoms with Crippen LogP contribution in [0.4, 0.5) is 0 Å². The standard InChI is InChI=1S/C16H16O6/c1-7-11(18)6-12(19)9-5-14(21)16(22-15(7)9)8-2-3-10(17)13(20)4-8/h2-4,6,14,16-21H,5H2,1H3. The molecule has 0 saturated carbocycles. The number of aromatic hydroxyl groups is 4. The van der Waals surface area contributed by atoms with Gasteiger partial charge in [0, 0.05) is 23.6 Å². The van der Waals surface area contributed by atoms with Crippen LogP contribution in [-0.4, -0.2) is 31.6 Å². The van der Waals surface area contributed by atoms with Crippen molar-refractivity contribution in [1.82, 2.24) is 0 Å². The molecule has 1 aliphatic heterocycles. The Bertz CT molecular complexity index is 740. The van der Waals surface area contributed by atoms with Gasteiger partial charge in [-0.1, -0.05) is 6.07 Å². The Kier molecular flexibility index (Phi) is 3.26. The first-order chi connectivity index (χ1) is 10.4. The van der Waals surface area contributed by atoms with Gasteiger partial charge in [-0.15, -0.1) is 0 Å². The predicted molar refractivity (Wildman–Crippen MR) is 77.4 cm³/mol. The van der Waals surface area contributed by atoms with Crippen molar-refractivity contribution in [3.63, 3.8) is 0 Å². The van der Waals surface area contributed by atoms with E-state index in [4.69, 9.17) is 4.74 Å². The van der Waals surface area contributed by atoms with Crippen LogP contribution in [0.15, 0.2) is 24.3 Å². The minimum absolute atomic E-state index is 0.0973. The molecule has 2 aromatic carbocycles. The fourth-order valence-corrected chi connectivity index (χ4v) is 2.67. The van der Waals surface area contributed by atoms with E-state index in [9.17, 15) is 25.5 Å². The molecule has 5 N–H and O–H groups in total. The number of fused-ring (bicyclic) bond motifs is 1. The van der Waals surface area contributed by atoms with E-state index in [1.807, 2.05) is 0 Å². The average Bonchev–Trinajstić information content (AvgIpc) is 2.47. The average molecular weight is 304 g/mol. The van der Waals surface area contributed by atoms with Crippen molar-refractivity contribution in [1.29, 1.82) is 0 Å². The van der Waals surface area contributed by atoms with Gasteiger partial charge < -0.3 is 30.3 Å². The lowest BCUT2D eigenvalue weighted by Crippen LogP contribution is -2.30. The molecule has 0 saturated heterocycles. The molecule has 0 aromatic heterocycles. The first-order valence-corrected chi connectivity index (χ1v) is 6.79. The van der Waals surface area contributed by atoms with Crippen molar-refractivity contribution < 1.29 is 30.3 Å². The first kappa shape index (κ1) is 14.3. The molecule has 2 aromatic rings. The highest BCUT2D eigenvalue weighted by molar-refractivity contribution is 5.57. The van der Waals surface area contributed by atoms with Crippen molar-refractivity contribution in [3.05, 3.63) is 41.0 Å². The third kappa shape index (κ3) is 2.17. The topological polar surface area (TPSA) is 110 Å². The lowest BCUT2D eigenvalue weighted by atomic mass is 9.92. The lowest BCUT2D eigenvalue weighted by molar-refractivity contribution is 0.0191. The minimum atomic E-state index is -0.939. The van der Waals surface area contributed by atoms with Gasteiger partial charge in [-0.05, 0) is 24.6 Å². The van der Waals surface area contributed by atoms with E-state index < -0.39 is 12.2 Å². The largest absolute Gasteiger partial charge is 0.507 e. The third-order valence-electron chi connectivity index (χ3n) is 3.92. The maximum atomic E-state index is 10.3. The normalized spacial score (nSPS) is 20.3. The molecule has 2 unspecified atom stereocenters. The van der Waals surface area contributed by atoms with E-state index in [1.165, 1.54) is 24.3 Å². The summed E-state index contributed by atoms with van der Waals surface area (Å²) in [6.45, 7) is 1.65. The number of aliphatic hydroxyl groups is 1. The summed E-state index contributed by atoms with van der Waals surface area (Å²) in [5.41, 5.74) is 1.38. The molecule has 22 heavy (non-hydrogen) atoms. The van der Waals surface area contributed by atoms with E-state index >= 15 is 0 Å². The van der Waals surface area contributed by atoms with Crippen molar-refractivity contribution >= 4 is 0 Å². The van der Waals surface area contributed by atoms with E-state index in [-0.39, 0.29) is 29.4 Å². The van der Waals surface area contributed by atoms with Gasteiger partial charge in [0.15, 0.2) is 11.5 Å². The number of phenols is 4. The van der Waals surface area contributed by atoms with Gasteiger partial charge in [0.2, 0.25) is 0 Å². The Labute approximate surface area is 126 Å². The molecule has 3 rings (SSSR count). The number of hydrogen-bond donors (Lipinski definition) is 5. The number of phenolic OH excluding ortho intramolecular Hbond substituents is 4. The fraction of sp³-hybridized carbons (Fsp3) is 0.250. The monoisotopic (exact) mass is 304 g/mol. The molecule has 0 aliphatic carbocycles. The van der Waals surface area contributed by atoms with E-state index in [1.54, 1.807) is 6.92 Å². The quantitative estimate of drug-likeness (QED) is 0.514. The molecule has 6 heteroatoms. The van der Waals surface area contributed by atoms with Crippen LogP contribution in [0.5, 0.6) is 28.7 Å². The number of ether oxygens (including phenoxy) is 1. The molecule has 0 fully saturated rings. The van der Waals surface area contributed by atoms with Crippen molar-refractivity contribution in [2.45, 2.75) is 25.6 Å². The second kappa shape index (κ2) is 4.99. The van der Waals surface area contributed by atoms with Gasteiger partial charge in [-0.2, -0.15) is 0 Å². The molecule has 116 valence electrons. The second-order valence-electron chi connectivity index (χ2n) is 5.41. The maximum Gasteiger partial charge on any atom is 0.157 e. The van der Waals surface area contributed by atoms with Crippen LogP contribution in [0.2, 0.25) is 0 Å². The summed E-state index contributed by atoms with van der Waals surface area (Å²) < 4.78 is 5.75. The second-order valence-corrected chi connectivity index (χ2v) is 5.41. The first-order valence-electron chi connectivity index (χ1n) is 6.79. The number of hydrogen-bond acceptors (Lipinski definition) is 6. The van der Waals surface area contributed by atoms with Crippen LogP contribution in [0.25, 0.3) is 0 Å². The van der Waals surface area contributed by atoms with Gasteiger partial charge in [0.1, 0.15) is 23.4 Å². The zero-order valence-corrected chi connectivity index (χ0v) is 11.8. The summed E-state index contributed by atoms with van der Waals surface area (Å²) in [5, 5.41) is 48.9. The molecule has 0 amide bonds. The summed E-state index contributed by atoms with van der Waals surface area (Å²) in [6, 6.07) is 5.37. The number of aliphatic hydroxyl groups excluding tert-OH is 1. The van der Waals surface area contributed by atoms with Crippen LogP contribution in [0.1, 0.15) is 22.8 Å². The SMILES string of the molecule is Cc1c(O)cc(O)c2c1OC(c1ccc(O)c(O)c1)C(O)C2. The lowest BCUT2D eigenvalue weighted by Gasteiger charge is -2.32. The van der Waals surface area contributed by atoms with Crippen LogP contribution < -0.4 is 4.74 Å².